The van der Waals surface area contributed by atoms with Crippen LogP contribution < -0.4 is 4.74 Å². The molecule has 3 nitrogen and oxygen atoms in total. The van der Waals surface area contributed by atoms with Crippen molar-refractivity contribution in [2.45, 2.75) is 29.9 Å². The number of rotatable bonds is 5. The maximum Gasteiger partial charge on any atom is 0.181 e. The second kappa shape index (κ2) is 5.53. The number of sulfone groups is 1. The van der Waals surface area contributed by atoms with Crippen molar-refractivity contribution in [3.8, 4) is 11.5 Å². The van der Waals surface area contributed by atoms with Crippen LogP contribution in [-0.2, 0) is 9.84 Å². The molecule has 0 unspecified atom stereocenters. The number of hydrogen-bond donors (Lipinski definition) is 0. The monoisotopic (exact) mass is 302 g/mol. The second-order valence-electron chi connectivity index (χ2n) is 5.47. The second-order valence-corrected chi connectivity index (χ2v) is 7.78. The van der Waals surface area contributed by atoms with E-state index in [-0.39, 0.29) is 5.25 Å². The molecule has 1 aliphatic rings. The van der Waals surface area contributed by atoms with Gasteiger partial charge in [-0.1, -0.05) is 18.2 Å². The molecule has 0 saturated heterocycles. The molecule has 1 saturated carbocycles. The van der Waals surface area contributed by atoms with Gasteiger partial charge in [-0.15, -0.1) is 0 Å². The normalized spacial score (nSPS) is 16.4. The summed E-state index contributed by atoms with van der Waals surface area (Å²) in [7, 11) is -3.22. The first kappa shape index (κ1) is 14.1. The first-order chi connectivity index (χ1) is 10.1. The maximum absolute atomic E-state index is 12.4. The molecule has 1 aliphatic carbocycles. The number of benzene rings is 2. The highest BCUT2D eigenvalue weighted by Crippen LogP contribution is 2.38. The maximum atomic E-state index is 12.4. The van der Waals surface area contributed by atoms with Gasteiger partial charge in [0, 0.05) is 0 Å². The Balaban J connectivity index is 1.77. The molecule has 1 fully saturated rings. The predicted molar refractivity (Wildman–Crippen MR) is 82.3 cm³/mol. The Kier molecular flexibility index (Phi) is 3.72. The zero-order valence-corrected chi connectivity index (χ0v) is 12.7. The molecule has 2 aromatic carbocycles. The molecule has 0 N–H and O–H groups in total. The topological polar surface area (TPSA) is 43.4 Å². The molecule has 21 heavy (non-hydrogen) atoms. The van der Waals surface area contributed by atoms with Crippen LogP contribution in [0, 0.1) is 5.92 Å². The van der Waals surface area contributed by atoms with Gasteiger partial charge in [-0.2, -0.15) is 0 Å². The Labute approximate surface area is 125 Å². The van der Waals surface area contributed by atoms with Crippen molar-refractivity contribution in [2.24, 2.45) is 5.92 Å². The highest BCUT2D eigenvalue weighted by molar-refractivity contribution is 7.92. The third kappa shape index (κ3) is 3.10. The summed E-state index contributed by atoms with van der Waals surface area (Å²) in [6.45, 7) is 1.81. The van der Waals surface area contributed by atoms with E-state index in [1.165, 1.54) is 0 Å². The van der Waals surface area contributed by atoms with Gasteiger partial charge in [-0.25, -0.2) is 8.42 Å². The number of para-hydroxylation sites is 1. The van der Waals surface area contributed by atoms with Gasteiger partial charge in [0.1, 0.15) is 11.5 Å². The first-order valence-electron chi connectivity index (χ1n) is 7.14. The Hall–Kier alpha value is -1.81. The fraction of sp³-hybridized carbons (Fsp3) is 0.294. The van der Waals surface area contributed by atoms with Crippen LogP contribution in [0.4, 0.5) is 0 Å². The van der Waals surface area contributed by atoms with Crippen molar-refractivity contribution in [1.29, 1.82) is 0 Å². The lowest BCUT2D eigenvalue weighted by molar-refractivity contribution is 0.482. The quantitative estimate of drug-likeness (QED) is 0.837. The minimum atomic E-state index is -3.22. The molecule has 2 aromatic rings. The molecule has 0 bridgehead atoms. The zero-order valence-electron chi connectivity index (χ0n) is 11.9. The summed E-state index contributed by atoms with van der Waals surface area (Å²) in [5, 5.41) is -0.293. The van der Waals surface area contributed by atoms with Gasteiger partial charge in [0.15, 0.2) is 9.84 Å². The van der Waals surface area contributed by atoms with E-state index in [0.717, 1.165) is 18.6 Å². The van der Waals surface area contributed by atoms with E-state index in [1.54, 1.807) is 31.2 Å². The lowest BCUT2D eigenvalue weighted by atomic mass is 10.3. The molecule has 0 aromatic heterocycles. The van der Waals surface area contributed by atoms with Crippen molar-refractivity contribution < 1.29 is 13.2 Å². The van der Waals surface area contributed by atoms with E-state index < -0.39 is 9.84 Å². The fourth-order valence-electron chi connectivity index (χ4n) is 2.36. The minimum Gasteiger partial charge on any atom is -0.457 e. The largest absolute Gasteiger partial charge is 0.457 e. The van der Waals surface area contributed by atoms with Crippen LogP contribution in [0.15, 0.2) is 59.5 Å². The van der Waals surface area contributed by atoms with E-state index in [9.17, 15) is 8.42 Å². The summed E-state index contributed by atoms with van der Waals surface area (Å²) >= 11 is 0. The average molecular weight is 302 g/mol. The molecule has 1 atom stereocenters. The van der Waals surface area contributed by atoms with Crippen LogP contribution in [0.25, 0.3) is 0 Å². The van der Waals surface area contributed by atoms with Crippen LogP contribution in [-0.4, -0.2) is 13.7 Å². The van der Waals surface area contributed by atoms with Crippen molar-refractivity contribution in [3.63, 3.8) is 0 Å². The molecule has 0 heterocycles. The van der Waals surface area contributed by atoms with Crippen LogP contribution in [0.2, 0.25) is 0 Å². The van der Waals surface area contributed by atoms with Gasteiger partial charge >= 0.3 is 0 Å². The Morgan fingerprint density at radius 3 is 2.10 bits per heavy atom. The lowest BCUT2D eigenvalue weighted by Gasteiger charge is -2.12. The summed E-state index contributed by atoms with van der Waals surface area (Å²) in [4.78, 5) is 0.377. The van der Waals surface area contributed by atoms with Crippen LogP contribution in [0.1, 0.15) is 19.8 Å². The van der Waals surface area contributed by atoms with Crippen molar-refractivity contribution in [2.75, 3.05) is 0 Å². The molecular weight excluding hydrogens is 284 g/mol. The third-order valence-electron chi connectivity index (χ3n) is 3.91. The SMILES string of the molecule is C[C@@H](C1CC1)S(=O)(=O)c1ccc(Oc2ccccc2)cc1. The van der Waals surface area contributed by atoms with Gasteiger partial charge in [0.2, 0.25) is 0 Å². The Bertz CT molecular complexity index is 701. The molecule has 0 amide bonds. The summed E-state index contributed by atoms with van der Waals surface area (Å²) in [6.07, 6.45) is 2.05. The van der Waals surface area contributed by atoms with E-state index in [2.05, 4.69) is 0 Å². The molecule has 4 heteroatoms. The van der Waals surface area contributed by atoms with Crippen molar-refractivity contribution in [3.05, 3.63) is 54.6 Å². The van der Waals surface area contributed by atoms with Crippen molar-refractivity contribution in [1.82, 2.24) is 0 Å². The van der Waals surface area contributed by atoms with Crippen molar-refractivity contribution >= 4 is 9.84 Å². The third-order valence-corrected chi connectivity index (χ3v) is 6.20. The molecule has 0 spiro atoms. The predicted octanol–water partition coefficient (Wildman–Crippen LogP) is 4.05. The van der Waals surface area contributed by atoms with E-state index in [0.29, 0.717) is 16.6 Å². The Morgan fingerprint density at radius 2 is 1.52 bits per heavy atom. The summed E-state index contributed by atoms with van der Waals surface area (Å²) in [5.74, 6) is 1.70. The van der Waals surface area contributed by atoms with Gasteiger partial charge in [-0.05, 0) is 62.1 Å². The average Bonchev–Trinajstić information content (AvgIpc) is 3.33. The van der Waals surface area contributed by atoms with E-state index in [1.807, 2.05) is 30.3 Å². The van der Waals surface area contributed by atoms with Crippen LogP contribution >= 0.6 is 0 Å². The lowest BCUT2D eigenvalue weighted by Crippen LogP contribution is -2.19. The Morgan fingerprint density at radius 1 is 0.952 bits per heavy atom. The summed E-state index contributed by atoms with van der Waals surface area (Å²) in [6, 6.07) is 16.1. The van der Waals surface area contributed by atoms with Gasteiger partial charge in [0.05, 0.1) is 10.1 Å². The van der Waals surface area contributed by atoms with Crippen LogP contribution in [0.5, 0.6) is 11.5 Å². The number of hydrogen-bond acceptors (Lipinski definition) is 3. The molecular formula is C17H18O3S. The first-order valence-corrected chi connectivity index (χ1v) is 8.69. The molecule has 0 aliphatic heterocycles. The van der Waals surface area contributed by atoms with Gasteiger partial charge in [0.25, 0.3) is 0 Å². The minimum absolute atomic E-state index is 0.293. The van der Waals surface area contributed by atoms with Gasteiger partial charge in [-0.3, -0.25) is 0 Å². The zero-order chi connectivity index (χ0) is 14.9. The standard InChI is InChI=1S/C17H18O3S/c1-13(14-7-8-14)21(18,19)17-11-9-16(10-12-17)20-15-5-3-2-4-6-15/h2-6,9-14H,7-8H2,1H3/t13-/m0/s1. The van der Waals surface area contributed by atoms with Crippen LogP contribution in [0.3, 0.4) is 0 Å². The number of ether oxygens (including phenoxy) is 1. The summed E-state index contributed by atoms with van der Waals surface area (Å²) in [5.41, 5.74) is 0. The molecule has 0 radical (unpaired) electrons. The van der Waals surface area contributed by atoms with E-state index >= 15 is 0 Å². The van der Waals surface area contributed by atoms with Gasteiger partial charge < -0.3 is 4.74 Å². The molecule has 110 valence electrons. The highest BCUT2D eigenvalue weighted by Gasteiger charge is 2.37. The highest BCUT2D eigenvalue weighted by atomic mass is 32.2. The molecule has 3 rings (SSSR count). The summed E-state index contributed by atoms with van der Waals surface area (Å²) < 4.78 is 30.6. The fourth-order valence-corrected chi connectivity index (χ4v) is 4.08. The van der Waals surface area contributed by atoms with E-state index in [4.69, 9.17) is 4.74 Å². The smallest absolute Gasteiger partial charge is 0.181 e.